The summed E-state index contributed by atoms with van der Waals surface area (Å²) in [5.74, 6) is 0.194. The Bertz CT molecular complexity index is 1120. The van der Waals surface area contributed by atoms with Gasteiger partial charge in [0.15, 0.2) is 0 Å². The number of non-ortho nitro benzene ring substituents is 1. The van der Waals surface area contributed by atoms with Crippen molar-refractivity contribution in [1.82, 2.24) is 9.55 Å². The molecule has 0 spiro atoms. The van der Waals surface area contributed by atoms with E-state index < -0.39 is 4.92 Å². The molecule has 0 saturated heterocycles. The normalized spacial score (nSPS) is 14.8. The lowest BCUT2D eigenvalue weighted by Gasteiger charge is -2.05. The number of rotatable bonds is 2. The van der Waals surface area contributed by atoms with Crippen LogP contribution in [0.5, 0.6) is 0 Å². The molecule has 1 aliphatic rings. The molecule has 2 aromatic carbocycles. The maximum absolute atomic E-state index is 13.4. The number of nitro groups is 1. The maximum Gasteiger partial charge on any atom is 0.270 e. The molecule has 0 fully saturated rings. The Labute approximate surface area is 141 Å². The van der Waals surface area contributed by atoms with Gasteiger partial charge in [-0.1, -0.05) is 12.1 Å². The Kier molecular flexibility index (Phi) is 3.42. The summed E-state index contributed by atoms with van der Waals surface area (Å²) in [6.07, 6.45) is 2.41. The average Bonchev–Trinajstić information content (AvgIpc) is 2.98. The smallest absolute Gasteiger partial charge is 0.270 e. The molecule has 0 amide bonds. The van der Waals surface area contributed by atoms with Crippen molar-refractivity contribution in [3.8, 4) is 0 Å². The predicted molar refractivity (Wildman–Crippen MR) is 91.5 cm³/mol. The minimum Gasteiger partial charge on any atom is -0.292 e. The third kappa shape index (κ3) is 2.59. The Hall–Kier alpha value is -3.35. The largest absolute Gasteiger partial charge is 0.292 e. The molecule has 124 valence electrons. The molecule has 3 aromatic rings. The van der Waals surface area contributed by atoms with Crippen LogP contribution < -0.4 is 5.56 Å². The Morgan fingerprint density at radius 2 is 2.08 bits per heavy atom. The lowest BCUT2D eigenvalue weighted by molar-refractivity contribution is -0.384. The van der Waals surface area contributed by atoms with Gasteiger partial charge >= 0.3 is 0 Å². The zero-order valence-corrected chi connectivity index (χ0v) is 13.0. The third-order valence-corrected chi connectivity index (χ3v) is 4.23. The number of aromatic nitrogens is 2. The fraction of sp³-hybridized carbons (Fsp3) is 0.111. The van der Waals surface area contributed by atoms with Crippen molar-refractivity contribution in [3.63, 3.8) is 0 Å². The minimum absolute atomic E-state index is 0.138. The highest BCUT2D eigenvalue weighted by molar-refractivity contribution is 5.85. The van der Waals surface area contributed by atoms with Crippen molar-refractivity contribution < 1.29 is 9.31 Å². The standard InChI is InChI=1S/C18H12FN3O3/c19-13-3-1-2-11(9-13)8-12-6-7-21-17(12)20-16-5-4-14(22(24)25)10-15(16)18(21)23/h1-5,8-10H,6-7H2/b12-8-. The molecular weight excluding hydrogens is 325 g/mol. The monoisotopic (exact) mass is 337 g/mol. The number of allylic oxidation sites excluding steroid dienone is 1. The van der Waals surface area contributed by atoms with E-state index in [1.54, 1.807) is 12.1 Å². The van der Waals surface area contributed by atoms with E-state index in [0.717, 1.165) is 5.57 Å². The molecule has 2 heterocycles. The zero-order valence-electron chi connectivity index (χ0n) is 13.0. The van der Waals surface area contributed by atoms with Gasteiger partial charge in [0, 0.05) is 18.7 Å². The summed E-state index contributed by atoms with van der Waals surface area (Å²) in [5.41, 5.74) is 1.50. The molecule has 0 atom stereocenters. The Morgan fingerprint density at radius 3 is 2.84 bits per heavy atom. The van der Waals surface area contributed by atoms with Gasteiger partial charge < -0.3 is 0 Å². The number of hydrogen-bond acceptors (Lipinski definition) is 4. The molecule has 0 bridgehead atoms. The summed E-state index contributed by atoms with van der Waals surface area (Å²) in [5, 5.41) is 11.1. The van der Waals surface area contributed by atoms with Crippen LogP contribution in [0.2, 0.25) is 0 Å². The van der Waals surface area contributed by atoms with Gasteiger partial charge in [-0.3, -0.25) is 19.5 Å². The molecule has 1 aromatic heterocycles. The quantitative estimate of drug-likeness (QED) is 0.530. The van der Waals surface area contributed by atoms with E-state index in [2.05, 4.69) is 4.98 Å². The molecule has 0 unspecified atom stereocenters. The number of hydrogen-bond donors (Lipinski definition) is 0. The summed E-state index contributed by atoms with van der Waals surface area (Å²) in [4.78, 5) is 27.5. The second-order valence-electron chi connectivity index (χ2n) is 5.83. The molecule has 0 saturated carbocycles. The van der Waals surface area contributed by atoms with E-state index in [9.17, 15) is 19.3 Å². The number of fused-ring (bicyclic) bond motifs is 2. The third-order valence-electron chi connectivity index (χ3n) is 4.23. The van der Waals surface area contributed by atoms with Crippen LogP contribution >= 0.6 is 0 Å². The van der Waals surface area contributed by atoms with E-state index in [4.69, 9.17) is 0 Å². The summed E-state index contributed by atoms with van der Waals surface area (Å²) in [7, 11) is 0. The first-order valence-corrected chi connectivity index (χ1v) is 7.68. The van der Waals surface area contributed by atoms with Gasteiger partial charge in [-0.2, -0.15) is 0 Å². The van der Waals surface area contributed by atoms with Crippen molar-refractivity contribution in [2.75, 3.05) is 0 Å². The van der Waals surface area contributed by atoms with Gasteiger partial charge in [-0.15, -0.1) is 0 Å². The van der Waals surface area contributed by atoms with Crippen molar-refractivity contribution >= 4 is 28.2 Å². The summed E-state index contributed by atoms with van der Waals surface area (Å²) < 4.78 is 14.9. The maximum atomic E-state index is 13.4. The average molecular weight is 337 g/mol. The van der Waals surface area contributed by atoms with E-state index in [1.807, 2.05) is 6.08 Å². The van der Waals surface area contributed by atoms with Crippen LogP contribution in [-0.4, -0.2) is 14.5 Å². The topological polar surface area (TPSA) is 78.0 Å². The van der Waals surface area contributed by atoms with Crippen LogP contribution in [0.1, 0.15) is 17.8 Å². The molecule has 6 nitrogen and oxygen atoms in total. The highest BCUT2D eigenvalue weighted by Crippen LogP contribution is 2.28. The van der Waals surface area contributed by atoms with Crippen molar-refractivity contribution in [2.24, 2.45) is 0 Å². The minimum atomic E-state index is -0.536. The summed E-state index contributed by atoms with van der Waals surface area (Å²) in [6.45, 7) is 0.445. The van der Waals surface area contributed by atoms with Crippen LogP contribution in [0.3, 0.4) is 0 Å². The van der Waals surface area contributed by atoms with E-state index in [0.29, 0.717) is 29.9 Å². The van der Waals surface area contributed by atoms with Crippen molar-refractivity contribution in [3.05, 3.63) is 80.1 Å². The number of nitrogens with zero attached hydrogens (tertiary/aromatic N) is 3. The molecule has 1 aliphatic heterocycles. The van der Waals surface area contributed by atoms with E-state index in [1.165, 1.54) is 34.9 Å². The molecule has 0 radical (unpaired) electrons. The van der Waals surface area contributed by atoms with Crippen LogP contribution in [0.15, 0.2) is 47.3 Å². The molecule has 7 heteroatoms. The second-order valence-corrected chi connectivity index (χ2v) is 5.83. The van der Waals surface area contributed by atoms with Crippen molar-refractivity contribution in [1.29, 1.82) is 0 Å². The van der Waals surface area contributed by atoms with Crippen LogP contribution in [0.25, 0.3) is 22.6 Å². The second kappa shape index (κ2) is 5.62. The molecule has 4 rings (SSSR count). The molecular formula is C18H12FN3O3. The fourth-order valence-electron chi connectivity index (χ4n) is 3.05. The number of nitro benzene ring substituents is 1. The van der Waals surface area contributed by atoms with Gasteiger partial charge in [-0.25, -0.2) is 9.37 Å². The Balaban J connectivity index is 1.88. The van der Waals surface area contributed by atoms with E-state index in [-0.39, 0.29) is 22.5 Å². The Morgan fingerprint density at radius 1 is 1.24 bits per heavy atom. The highest BCUT2D eigenvalue weighted by atomic mass is 19.1. The lowest BCUT2D eigenvalue weighted by Crippen LogP contribution is -2.20. The zero-order chi connectivity index (χ0) is 17.6. The van der Waals surface area contributed by atoms with Crippen LogP contribution in [0, 0.1) is 15.9 Å². The summed E-state index contributed by atoms with van der Waals surface area (Å²) >= 11 is 0. The molecule has 0 aliphatic carbocycles. The van der Waals surface area contributed by atoms with Gasteiger partial charge in [0.25, 0.3) is 11.2 Å². The van der Waals surface area contributed by atoms with Crippen LogP contribution in [0.4, 0.5) is 10.1 Å². The van der Waals surface area contributed by atoms with E-state index >= 15 is 0 Å². The van der Waals surface area contributed by atoms with Crippen LogP contribution in [-0.2, 0) is 6.54 Å². The fourth-order valence-corrected chi connectivity index (χ4v) is 3.05. The number of benzene rings is 2. The molecule has 0 N–H and O–H groups in total. The first-order valence-electron chi connectivity index (χ1n) is 7.68. The SMILES string of the molecule is O=c1c2cc([N+](=O)[O-])ccc2nc2n1CC/C2=C/c1cccc(F)c1. The van der Waals surface area contributed by atoms with Crippen molar-refractivity contribution in [2.45, 2.75) is 13.0 Å². The van der Waals surface area contributed by atoms with Gasteiger partial charge in [0.1, 0.15) is 11.6 Å². The highest BCUT2D eigenvalue weighted by Gasteiger charge is 2.22. The number of halogens is 1. The predicted octanol–water partition coefficient (Wildman–Crippen LogP) is 3.39. The van der Waals surface area contributed by atoms with Gasteiger partial charge in [0.05, 0.1) is 15.8 Å². The van der Waals surface area contributed by atoms with Gasteiger partial charge in [0.2, 0.25) is 0 Å². The lowest BCUT2D eigenvalue weighted by atomic mass is 10.1. The first kappa shape index (κ1) is 15.2. The molecule has 25 heavy (non-hydrogen) atoms. The van der Waals surface area contributed by atoms with Gasteiger partial charge in [-0.05, 0) is 41.8 Å². The summed E-state index contributed by atoms with van der Waals surface area (Å²) in [6, 6.07) is 10.3. The first-order chi connectivity index (χ1) is 12.0.